The maximum Gasteiger partial charge on any atom is 0.308 e. The molecule has 0 aliphatic carbocycles. The third kappa shape index (κ3) is 1.69. The molecule has 16 heavy (non-hydrogen) atoms. The summed E-state index contributed by atoms with van der Waals surface area (Å²) >= 11 is 0. The van der Waals surface area contributed by atoms with E-state index in [0.29, 0.717) is 5.75 Å². The van der Waals surface area contributed by atoms with Crippen molar-refractivity contribution in [1.82, 2.24) is 9.55 Å². The van der Waals surface area contributed by atoms with E-state index in [9.17, 15) is 4.79 Å². The van der Waals surface area contributed by atoms with Gasteiger partial charge in [-0.15, -0.1) is 0 Å². The molecule has 1 aromatic heterocycles. The lowest BCUT2D eigenvalue weighted by Gasteiger charge is -2.06. The van der Waals surface area contributed by atoms with Crippen LogP contribution in [0.15, 0.2) is 12.1 Å². The Morgan fingerprint density at radius 3 is 2.81 bits per heavy atom. The van der Waals surface area contributed by atoms with Gasteiger partial charge in [-0.2, -0.15) is 0 Å². The molecule has 82 valence electrons. The zero-order valence-corrected chi connectivity index (χ0v) is 9.87. The number of rotatable bonds is 1. The van der Waals surface area contributed by atoms with Crippen molar-refractivity contribution in [3.05, 3.63) is 18.0 Å². The van der Waals surface area contributed by atoms with Gasteiger partial charge in [-0.3, -0.25) is 4.79 Å². The smallest absolute Gasteiger partial charge is 0.308 e. The SMILES string of the molecule is Bc1cc2nc(C)n(C)c2cc1OC(C)=O. The second-order valence-corrected chi connectivity index (χ2v) is 3.92. The molecule has 0 atom stereocenters. The molecule has 5 heteroatoms. The Morgan fingerprint density at radius 2 is 2.19 bits per heavy atom. The average molecular weight is 216 g/mol. The average Bonchev–Trinajstić information content (AvgIpc) is 2.44. The molecule has 2 rings (SSSR count). The summed E-state index contributed by atoms with van der Waals surface area (Å²) in [6.07, 6.45) is 0. The van der Waals surface area contributed by atoms with Gasteiger partial charge >= 0.3 is 5.97 Å². The number of aryl methyl sites for hydroxylation is 2. The van der Waals surface area contributed by atoms with E-state index in [-0.39, 0.29) is 5.97 Å². The molecule has 0 aliphatic rings. The van der Waals surface area contributed by atoms with Crippen LogP contribution in [0.5, 0.6) is 5.75 Å². The van der Waals surface area contributed by atoms with Crippen molar-refractivity contribution in [2.75, 3.05) is 0 Å². The van der Waals surface area contributed by atoms with Gasteiger partial charge in [0.2, 0.25) is 0 Å². The van der Waals surface area contributed by atoms with Crippen LogP contribution in [-0.2, 0) is 11.8 Å². The first-order valence-corrected chi connectivity index (χ1v) is 5.11. The number of fused-ring (bicyclic) bond motifs is 1. The second-order valence-electron chi connectivity index (χ2n) is 3.92. The molecule has 0 saturated heterocycles. The number of hydrogen-bond donors (Lipinski definition) is 0. The van der Waals surface area contributed by atoms with Crippen LogP contribution in [0.4, 0.5) is 0 Å². The third-order valence-corrected chi connectivity index (χ3v) is 2.65. The monoisotopic (exact) mass is 216 g/mol. The van der Waals surface area contributed by atoms with Crippen molar-refractivity contribution in [2.45, 2.75) is 13.8 Å². The fraction of sp³-hybridized carbons (Fsp3) is 0.273. The van der Waals surface area contributed by atoms with Gasteiger partial charge in [0, 0.05) is 20.0 Å². The fourth-order valence-corrected chi connectivity index (χ4v) is 1.71. The van der Waals surface area contributed by atoms with Crippen molar-refractivity contribution in [1.29, 1.82) is 0 Å². The van der Waals surface area contributed by atoms with Crippen LogP contribution < -0.4 is 10.2 Å². The topological polar surface area (TPSA) is 44.1 Å². The van der Waals surface area contributed by atoms with Gasteiger partial charge in [0.15, 0.2) is 0 Å². The Morgan fingerprint density at radius 1 is 1.50 bits per heavy atom. The Labute approximate surface area is 94.6 Å². The number of hydrogen-bond acceptors (Lipinski definition) is 3. The molecule has 0 aliphatic heterocycles. The van der Waals surface area contributed by atoms with Gasteiger partial charge in [-0.05, 0) is 18.5 Å². The molecule has 0 fully saturated rings. The van der Waals surface area contributed by atoms with Crippen molar-refractivity contribution in [2.24, 2.45) is 7.05 Å². The largest absolute Gasteiger partial charge is 0.427 e. The summed E-state index contributed by atoms with van der Waals surface area (Å²) in [7, 11) is 3.85. The lowest BCUT2D eigenvalue weighted by atomic mass is 9.94. The Hall–Kier alpha value is -1.78. The van der Waals surface area contributed by atoms with Crippen molar-refractivity contribution in [3.63, 3.8) is 0 Å². The first kappa shape index (κ1) is 10.7. The van der Waals surface area contributed by atoms with Crippen LogP contribution in [0, 0.1) is 6.92 Å². The van der Waals surface area contributed by atoms with Gasteiger partial charge in [-0.1, -0.05) is 0 Å². The number of imidazole rings is 1. The minimum atomic E-state index is -0.304. The molecule has 0 amide bonds. The fourth-order valence-electron chi connectivity index (χ4n) is 1.71. The number of carbonyl (C=O) groups excluding carboxylic acids is 1. The Balaban J connectivity index is 2.64. The van der Waals surface area contributed by atoms with Crippen molar-refractivity contribution >= 4 is 30.3 Å². The Bertz CT molecular complexity index is 575. The number of ether oxygens (including phenoxy) is 1. The van der Waals surface area contributed by atoms with Gasteiger partial charge < -0.3 is 9.30 Å². The first-order valence-electron chi connectivity index (χ1n) is 5.11. The molecule has 1 heterocycles. The minimum absolute atomic E-state index is 0.304. The summed E-state index contributed by atoms with van der Waals surface area (Å²) in [4.78, 5) is 15.4. The summed E-state index contributed by atoms with van der Waals surface area (Å²) in [5.41, 5.74) is 2.81. The van der Waals surface area contributed by atoms with E-state index in [0.717, 1.165) is 22.3 Å². The highest BCUT2D eigenvalue weighted by molar-refractivity contribution is 6.35. The van der Waals surface area contributed by atoms with Gasteiger partial charge in [0.05, 0.1) is 11.0 Å². The molecule has 0 unspecified atom stereocenters. The number of benzene rings is 1. The van der Waals surface area contributed by atoms with Crippen molar-refractivity contribution in [3.8, 4) is 5.75 Å². The quantitative estimate of drug-likeness (QED) is 0.384. The van der Waals surface area contributed by atoms with E-state index in [2.05, 4.69) is 4.98 Å². The minimum Gasteiger partial charge on any atom is -0.427 e. The van der Waals surface area contributed by atoms with E-state index in [1.807, 2.05) is 38.5 Å². The summed E-state index contributed by atoms with van der Waals surface area (Å²) in [5, 5.41) is 0. The zero-order valence-electron chi connectivity index (χ0n) is 9.87. The number of aromatic nitrogens is 2. The predicted octanol–water partition coefficient (Wildman–Crippen LogP) is 0.0654. The summed E-state index contributed by atoms with van der Waals surface area (Å²) in [6, 6.07) is 3.78. The van der Waals surface area contributed by atoms with Crippen LogP contribution in [0.25, 0.3) is 11.0 Å². The molecular weight excluding hydrogens is 203 g/mol. The third-order valence-electron chi connectivity index (χ3n) is 2.65. The molecule has 0 radical (unpaired) electrons. The van der Waals surface area contributed by atoms with E-state index in [1.165, 1.54) is 6.92 Å². The van der Waals surface area contributed by atoms with Gasteiger partial charge in [0.25, 0.3) is 0 Å². The maximum atomic E-state index is 10.9. The maximum absolute atomic E-state index is 10.9. The summed E-state index contributed by atoms with van der Waals surface area (Å²) in [5.74, 6) is 1.23. The molecule has 0 bridgehead atoms. The van der Waals surface area contributed by atoms with Crippen LogP contribution in [0.2, 0.25) is 0 Å². The first-order chi connectivity index (χ1) is 7.49. The second kappa shape index (κ2) is 3.66. The summed E-state index contributed by atoms with van der Waals surface area (Å²) in [6.45, 7) is 3.35. The molecular formula is C11H13BN2O2. The number of esters is 1. The highest BCUT2D eigenvalue weighted by Gasteiger charge is 2.09. The summed E-state index contributed by atoms with van der Waals surface area (Å²) < 4.78 is 7.11. The van der Waals surface area contributed by atoms with E-state index in [1.54, 1.807) is 0 Å². The van der Waals surface area contributed by atoms with Crippen molar-refractivity contribution < 1.29 is 9.53 Å². The molecule has 0 spiro atoms. The molecule has 0 saturated carbocycles. The predicted molar refractivity (Wildman–Crippen MR) is 64.9 cm³/mol. The normalized spacial score (nSPS) is 10.7. The van der Waals surface area contributed by atoms with Crippen LogP contribution in [-0.4, -0.2) is 23.4 Å². The van der Waals surface area contributed by atoms with E-state index < -0.39 is 0 Å². The standard InChI is InChI=1S/C11H13BN2O2/c1-6-13-9-4-8(12)11(16-7(2)15)5-10(9)14(6)3/h4-5H,12H2,1-3H3. The zero-order chi connectivity index (χ0) is 11.9. The lowest BCUT2D eigenvalue weighted by molar-refractivity contribution is -0.131. The number of nitrogens with zero attached hydrogens (tertiary/aromatic N) is 2. The van der Waals surface area contributed by atoms with Gasteiger partial charge in [-0.25, -0.2) is 4.98 Å². The number of carbonyl (C=O) groups is 1. The highest BCUT2D eigenvalue weighted by Crippen LogP contribution is 2.19. The van der Waals surface area contributed by atoms with E-state index in [4.69, 9.17) is 4.74 Å². The lowest BCUT2D eigenvalue weighted by Crippen LogP contribution is -2.12. The van der Waals surface area contributed by atoms with Crippen LogP contribution in [0.3, 0.4) is 0 Å². The Kier molecular flexibility index (Phi) is 2.46. The van der Waals surface area contributed by atoms with Crippen LogP contribution in [0.1, 0.15) is 12.7 Å². The molecule has 0 N–H and O–H groups in total. The van der Waals surface area contributed by atoms with Crippen LogP contribution >= 0.6 is 0 Å². The molecule has 4 nitrogen and oxygen atoms in total. The van der Waals surface area contributed by atoms with Gasteiger partial charge in [0.1, 0.15) is 19.4 Å². The molecule has 1 aromatic carbocycles. The molecule has 2 aromatic rings. The van der Waals surface area contributed by atoms with E-state index >= 15 is 0 Å². The highest BCUT2D eigenvalue weighted by atomic mass is 16.5.